The summed E-state index contributed by atoms with van der Waals surface area (Å²) in [4.78, 5) is 32.0. The summed E-state index contributed by atoms with van der Waals surface area (Å²) in [6.07, 6.45) is 1.55. The Bertz CT molecular complexity index is 1400. The number of furan rings is 1. The molecule has 0 saturated carbocycles. The SMILES string of the molecule is COc1ccc(C(=O)N(CC(=O)N2CCN(c3ccc(-c4ccc(OC)cc4)nn3)CC2)Cc2ccco2)cc1. The van der Waals surface area contributed by atoms with Crippen molar-refractivity contribution in [3.8, 4) is 22.8 Å². The monoisotopic (exact) mass is 541 g/mol. The van der Waals surface area contributed by atoms with Crippen molar-refractivity contribution in [3.63, 3.8) is 0 Å². The molecule has 2 aromatic heterocycles. The van der Waals surface area contributed by atoms with Gasteiger partial charge in [0.05, 0.1) is 32.7 Å². The number of amides is 2. The number of carbonyl (C=O) groups excluding carboxylic acids is 2. The van der Waals surface area contributed by atoms with Crippen LogP contribution in [0.4, 0.5) is 5.82 Å². The van der Waals surface area contributed by atoms with Crippen LogP contribution in [0, 0.1) is 0 Å². The van der Waals surface area contributed by atoms with Gasteiger partial charge in [-0.1, -0.05) is 0 Å². The van der Waals surface area contributed by atoms with Crippen LogP contribution in [-0.2, 0) is 11.3 Å². The van der Waals surface area contributed by atoms with E-state index >= 15 is 0 Å². The van der Waals surface area contributed by atoms with Gasteiger partial charge in [0.25, 0.3) is 5.91 Å². The lowest BCUT2D eigenvalue weighted by Crippen LogP contribution is -2.52. The highest BCUT2D eigenvalue weighted by Crippen LogP contribution is 2.22. The molecule has 2 amide bonds. The lowest BCUT2D eigenvalue weighted by atomic mass is 10.1. The first-order valence-corrected chi connectivity index (χ1v) is 13.0. The fourth-order valence-corrected chi connectivity index (χ4v) is 4.56. The zero-order valence-corrected chi connectivity index (χ0v) is 22.5. The topological polar surface area (TPSA) is 101 Å². The second-order valence-corrected chi connectivity index (χ2v) is 9.34. The molecule has 1 fully saturated rings. The average Bonchev–Trinajstić information content (AvgIpc) is 3.54. The van der Waals surface area contributed by atoms with E-state index < -0.39 is 0 Å². The number of nitrogens with zero attached hydrogens (tertiary/aromatic N) is 5. The van der Waals surface area contributed by atoms with Gasteiger partial charge in [-0.3, -0.25) is 9.59 Å². The number of benzene rings is 2. The molecule has 10 heteroatoms. The Kier molecular flexibility index (Phi) is 8.24. The van der Waals surface area contributed by atoms with Gasteiger partial charge >= 0.3 is 0 Å². The summed E-state index contributed by atoms with van der Waals surface area (Å²) in [7, 11) is 3.21. The molecule has 2 aromatic carbocycles. The first-order chi connectivity index (χ1) is 19.5. The van der Waals surface area contributed by atoms with E-state index in [4.69, 9.17) is 13.9 Å². The van der Waals surface area contributed by atoms with Crippen LogP contribution in [0.5, 0.6) is 11.5 Å². The predicted molar refractivity (Wildman–Crippen MR) is 149 cm³/mol. The molecule has 0 atom stereocenters. The molecule has 0 N–H and O–H groups in total. The van der Waals surface area contributed by atoms with Gasteiger partial charge in [-0.15, -0.1) is 10.2 Å². The van der Waals surface area contributed by atoms with Crippen LogP contribution in [-0.4, -0.2) is 78.8 Å². The summed E-state index contributed by atoms with van der Waals surface area (Å²) in [6.45, 7) is 2.42. The zero-order chi connectivity index (χ0) is 27.9. The molecule has 1 saturated heterocycles. The lowest BCUT2D eigenvalue weighted by molar-refractivity contribution is -0.132. The molecule has 3 heterocycles. The van der Waals surface area contributed by atoms with Crippen LogP contribution in [0.15, 0.2) is 83.5 Å². The maximum Gasteiger partial charge on any atom is 0.254 e. The molecule has 0 radical (unpaired) electrons. The van der Waals surface area contributed by atoms with Crippen molar-refractivity contribution in [1.82, 2.24) is 20.0 Å². The molecule has 206 valence electrons. The highest BCUT2D eigenvalue weighted by atomic mass is 16.5. The normalized spacial score (nSPS) is 13.2. The Balaban J connectivity index is 1.20. The third-order valence-corrected chi connectivity index (χ3v) is 6.87. The van der Waals surface area contributed by atoms with E-state index in [1.54, 1.807) is 61.8 Å². The second-order valence-electron chi connectivity index (χ2n) is 9.34. The first-order valence-electron chi connectivity index (χ1n) is 13.0. The van der Waals surface area contributed by atoms with Crippen molar-refractivity contribution in [1.29, 1.82) is 0 Å². The van der Waals surface area contributed by atoms with Crippen molar-refractivity contribution in [2.24, 2.45) is 0 Å². The maximum absolute atomic E-state index is 13.3. The molecule has 0 bridgehead atoms. The predicted octanol–water partition coefficient (Wildman–Crippen LogP) is 3.75. The average molecular weight is 542 g/mol. The fourth-order valence-electron chi connectivity index (χ4n) is 4.56. The van der Waals surface area contributed by atoms with Gasteiger partial charge in [0.15, 0.2) is 5.82 Å². The van der Waals surface area contributed by atoms with Gasteiger partial charge in [-0.05, 0) is 72.8 Å². The number of anilines is 1. The quantitative estimate of drug-likeness (QED) is 0.316. The van der Waals surface area contributed by atoms with Gasteiger partial charge in [-0.25, -0.2) is 0 Å². The van der Waals surface area contributed by atoms with Crippen molar-refractivity contribution in [2.45, 2.75) is 6.54 Å². The molecule has 0 spiro atoms. The van der Waals surface area contributed by atoms with E-state index in [-0.39, 0.29) is 24.9 Å². The van der Waals surface area contributed by atoms with Crippen LogP contribution < -0.4 is 14.4 Å². The lowest BCUT2D eigenvalue weighted by Gasteiger charge is -2.36. The molecule has 4 aromatic rings. The Morgan fingerprint density at radius 2 is 1.52 bits per heavy atom. The number of ether oxygens (including phenoxy) is 2. The summed E-state index contributed by atoms with van der Waals surface area (Å²) in [6, 6.07) is 22.0. The second kappa shape index (κ2) is 12.3. The smallest absolute Gasteiger partial charge is 0.254 e. The van der Waals surface area contributed by atoms with E-state index in [1.807, 2.05) is 36.4 Å². The summed E-state index contributed by atoms with van der Waals surface area (Å²) < 4.78 is 15.9. The minimum Gasteiger partial charge on any atom is -0.497 e. The molecule has 0 unspecified atom stereocenters. The number of hydrogen-bond acceptors (Lipinski definition) is 8. The van der Waals surface area contributed by atoms with Crippen LogP contribution in [0.2, 0.25) is 0 Å². The summed E-state index contributed by atoms with van der Waals surface area (Å²) >= 11 is 0. The van der Waals surface area contributed by atoms with E-state index in [2.05, 4.69) is 15.1 Å². The summed E-state index contributed by atoms with van der Waals surface area (Å²) in [5, 5.41) is 8.81. The highest BCUT2D eigenvalue weighted by molar-refractivity contribution is 5.96. The van der Waals surface area contributed by atoms with Gasteiger partial charge in [0, 0.05) is 37.3 Å². The molecule has 10 nitrogen and oxygen atoms in total. The third-order valence-electron chi connectivity index (χ3n) is 6.87. The number of carbonyl (C=O) groups is 2. The molecular formula is C30H31N5O5. The van der Waals surface area contributed by atoms with Crippen LogP contribution in [0.1, 0.15) is 16.1 Å². The minimum atomic E-state index is -0.252. The molecular weight excluding hydrogens is 510 g/mol. The Morgan fingerprint density at radius 3 is 2.10 bits per heavy atom. The summed E-state index contributed by atoms with van der Waals surface area (Å²) in [5.41, 5.74) is 2.21. The van der Waals surface area contributed by atoms with Crippen LogP contribution >= 0.6 is 0 Å². The standard InChI is InChI=1S/C30H31N5O5/c1-38-24-9-5-22(6-10-24)27-13-14-28(32-31-27)33-15-17-34(18-16-33)29(36)21-35(20-26-4-3-19-40-26)30(37)23-7-11-25(39-2)12-8-23/h3-14,19H,15-18,20-21H2,1-2H3. The molecule has 1 aliphatic heterocycles. The number of rotatable bonds is 9. The molecule has 1 aliphatic rings. The van der Waals surface area contributed by atoms with Crippen molar-refractivity contribution in [3.05, 3.63) is 90.4 Å². The van der Waals surface area contributed by atoms with Gasteiger partial charge in [0.1, 0.15) is 23.8 Å². The fraction of sp³-hybridized carbons (Fsp3) is 0.267. The van der Waals surface area contributed by atoms with E-state index in [9.17, 15) is 9.59 Å². The number of methoxy groups -OCH3 is 2. The van der Waals surface area contributed by atoms with E-state index in [0.717, 1.165) is 22.8 Å². The third kappa shape index (κ3) is 6.23. The van der Waals surface area contributed by atoms with Crippen molar-refractivity contribution >= 4 is 17.6 Å². The summed E-state index contributed by atoms with van der Waals surface area (Å²) in [5.74, 6) is 2.44. The van der Waals surface area contributed by atoms with E-state index in [1.165, 1.54) is 4.90 Å². The maximum atomic E-state index is 13.3. The van der Waals surface area contributed by atoms with Crippen LogP contribution in [0.25, 0.3) is 11.3 Å². The number of piperazine rings is 1. The Labute approximate surface area is 232 Å². The highest BCUT2D eigenvalue weighted by Gasteiger charge is 2.26. The number of hydrogen-bond donors (Lipinski definition) is 0. The van der Waals surface area contributed by atoms with Gasteiger partial charge in [-0.2, -0.15) is 0 Å². The van der Waals surface area contributed by atoms with E-state index in [0.29, 0.717) is 43.3 Å². The number of aromatic nitrogens is 2. The minimum absolute atomic E-state index is 0.0536. The molecule has 0 aliphatic carbocycles. The zero-order valence-electron chi connectivity index (χ0n) is 22.5. The Hall–Kier alpha value is -4.86. The van der Waals surface area contributed by atoms with Crippen molar-refractivity contribution < 1.29 is 23.5 Å². The Morgan fingerprint density at radius 1 is 0.850 bits per heavy atom. The molecule has 40 heavy (non-hydrogen) atoms. The molecule has 5 rings (SSSR count). The van der Waals surface area contributed by atoms with Gasteiger partial charge < -0.3 is 28.6 Å². The van der Waals surface area contributed by atoms with Crippen LogP contribution in [0.3, 0.4) is 0 Å². The largest absolute Gasteiger partial charge is 0.497 e. The van der Waals surface area contributed by atoms with Gasteiger partial charge in [0.2, 0.25) is 5.91 Å². The van der Waals surface area contributed by atoms with Crippen molar-refractivity contribution in [2.75, 3.05) is 51.8 Å². The first kappa shape index (κ1) is 26.7.